The maximum absolute atomic E-state index is 6.04. The molecule has 0 unspecified atom stereocenters. The van der Waals surface area contributed by atoms with Crippen LogP contribution in [0.5, 0.6) is 0 Å². The van der Waals surface area contributed by atoms with Crippen molar-refractivity contribution in [3.05, 3.63) is 10.7 Å². The molecule has 0 saturated heterocycles. The molecule has 4 nitrogen and oxygen atoms in total. The molecule has 0 radical (unpaired) electrons. The van der Waals surface area contributed by atoms with Gasteiger partial charge in [-0.3, -0.25) is 5.01 Å². The number of nitrogens with zero attached hydrogens (tertiary/aromatic N) is 3. The average Bonchev–Trinajstić information content (AvgIpc) is 2.61. The number of nitrogens with one attached hydrogen (secondary N) is 1. The van der Waals surface area contributed by atoms with Crippen LogP contribution >= 0.6 is 23.4 Å². The molecule has 2 heterocycles. The van der Waals surface area contributed by atoms with Gasteiger partial charge in [-0.05, 0) is 13.2 Å². The van der Waals surface area contributed by atoms with Crippen molar-refractivity contribution in [2.24, 2.45) is 0 Å². The summed E-state index contributed by atoms with van der Waals surface area (Å²) in [7, 11) is 0. The number of fused-ring (bicyclic) bond motifs is 1. The third kappa shape index (κ3) is 1.55. The van der Waals surface area contributed by atoms with Crippen molar-refractivity contribution in [1.82, 2.24) is 15.4 Å². The maximum Gasteiger partial charge on any atom is 0.190 e. The van der Waals surface area contributed by atoms with E-state index in [9.17, 15) is 0 Å². The summed E-state index contributed by atoms with van der Waals surface area (Å²) < 4.78 is 0. The number of hydrazine groups is 1. The topological polar surface area (TPSA) is 41.0 Å². The highest BCUT2D eigenvalue weighted by atomic mass is 35.5. The molecule has 1 N–H and O–H groups in total. The quantitative estimate of drug-likeness (QED) is 0.476. The third-order valence-corrected chi connectivity index (χ3v) is 2.98. The molecule has 0 aromatic carbocycles. The molecule has 1 aliphatic rings. The molecule has 1 aromatic heterocycles. The smallest absolute Gasteiger partial charge is 0.190 e. The van der Waals surface area contributed by atoms with Crippen LogP contribution in [-0.2, 0) is 6.54 Å². The molecule has 0 spiro atoms. The summed E-state index contributed by atoms with van der Waals surface area (Å²) in [5.41, 5.74) is 4.19. The summed E-state index contributed by atoms with van der Waals surface area (Å²) in [6.07, 6.45) is 1.94. The van der Waals surface area contributed by atoms with E-state index in [-0.39, 0.29) is 0 Å². The fourth-order valence-electron chi connectivity index (χ4n) is 1.40. The van der Waals surface area contributed by atoms with Gasteiger partial charge in [0.05, 0.1) is 0 Å². The minimum Gasteiger partial charge on any atom is -0.292 e. The van der Waals surface area contributed by atoms with Crippen LogP contribution in [0.3, 0.4) is 0 Å². The molecule has 14 heavy (non-hydrogen) atoms. The van der Waals surface area contributed by atoms with Gasteiger partial charge in [-0.2, -0.15) is 0 Å². The van der Waals surface area contributed by atoms with E-state index >= 15 is 0 Å². The zero-order valence-corrected chi connectivity index (χ0v) is 9.61. The molecule has 0 amide bonds. The standard InChI is InChI=1S/C8H11ClN4S/c1-3-13-7-5(4-10-13)6(9)11-8(12-7)14-2/h10H,3-4H2,1-2H3. The van der Waals surface area contributed by atoms with E-state index < -0.39 is 0 Å². The maximum atomic E-state index is 6.04. The van der Waals surface area contributed by atoms with Crippen molar-refractivity contribution in [2.45, 2.75) is 18.6 Å². The Hall–Kier alpha value is -0.520. The highest BCUT2D eigenvalue weighted by molar-refractivity contribution is 7.98. The average molecular weight is 231 g/mol. The molecule has 1 aliphatic heterocycles. The lowest BCUT2D eigenvalue weighted by molar-refractivity contribution is 0.681. The van der Waals surface area contributed by atoms with Crippen LogP contribution in [0.2, 0.25) is 5.15 Å². The fraction of sp³-hybridized carbons (Fsp3) is 0.500. The number of hydrogen-bond donors (Lipinski definition) is 1. The van der Waals surface area contributed by atoms with E-state index in [1.807, 2.05) is 11.3 Å². The fourth-order valence-corrected chi connectivity index (χ4v) is 2.05. The Bertz CT molecular complexity index is 357. The van der Waals surface area contributed by atoms with Crippen molar-refractivity contribution in [3.63, 3.8) is 0 Å². The van der Waals surface area contributed by atoms with Crippen molar-refractivity contribution < 1.29 is 0 Å². The van der Waals surface area contributed by atoms with Crippen LogP contribution in [0.1, 0.15) is 12.5 Å². The van der Waals surface area contributed by atoms with Gasteiger partial charge in [0.15, 0.2) is 11.0 Å². The summed E-state index contributed by atoms with van der Waals surface area (Å²) in [6, 6.07) is 0. The van der Waals surface area contributed by atoms with Gasteiger partial charge >= 0.3 is 0 Å². The van der Waals surface area contributed by atoms with Crippen LogP contribution < -0.4 is 10.4 Å². The number of hydrogen-bond acceptors (Lipinski definition) is 5. The normalized spacial score (nSPS) is 14.6. The summed E-state index contributed by atoms with van der Waals surface area (Å²) in [6.45, 7) is 3.65. The van der Waals surface area contributed by atoms with Crippen LogP contribution in [0.4, 0.5) is 5.82 Å². The molecule has 0 atom stereocenters. The molecule has 0 saturated carbocycles. The minimum atomic E-state index is 0.558. The Morgan fingerprint density at radius 2 is 2.36 bits per heavy atom. The van der Waals surface area contributed by atoms with Crippen molar-refractivity contribution in [2.75, 3.05) is 17.8 Å². The highest BCUT2D eigenvalue weighted by Crippen LogP contribution is 2.29. The molecule has 0 aliphatic carbocycles. The third-order valence-electron chi connectivity index (χ3n) is 2.12. The molecule has 6 heteroatoms. The Labute approximate surface area is 92.0 Å². The second-order valence-electron chi connectivity index (χ2n) is 2.88. The molecule has 2 rings (SSSR count). The second kappa shape index (κ2) is 3.92. The zero-order valence-electron chi connectivity index (χ0n) is 8.04. The van der Waals surface area contributed by atoms with Gasteiger partial charge in [0.25, 0.3) is 0 Å². The molecule has 76 valence electrons. The van der Waals surface area contributed by atoms with Crippen molar-refractivity contribution >= 4 is 29.2 Å². The van der Waals surface area contributed by atoms with E-state index in [4.69, 9.17) is 11.6 Å². The highest BCUT2D eigenvalue weighted by Gasteiger charge is 2.23. The lowest BCUT2D eigenvalue weighted by atomic mass is 10.3. The molecule has 1 aromatic rings. The lowest BCUT2D eigenvalue weighted by Crippen LogP contribution is -2.31. The first-order valence-corrected chi connectivity index (χ1v) is 5.98. The van der Waals surface area contributed by atoms with Gasteiger partial charge < -0.3 is 0 Å². The summed E-state index contributed by atoms with van der Waals surface area (Å²) in [4.78, 5) is 8.60. The number of halogens is 1. The van der Waals surface area contributed by atoms with Crippen LogP contribution in [0.25, 0.3) is 0 Å². The van der Waals surface area contributed by atoms with Gasteiger partial charge in [0.1, 0.15) is 5.15 Å². The molecular weight excluding hydrogens is 220 g/mol. The first kappa shape index (κ1) is 10.0. The van der Waals surface area contributed by atoms with Crippen LogP contribution in [-0.4, -0.2) is 22.8 Å². The van der Waals surface area contributed by atoms with Gasteiger partial charge in [-0.15, -0.1) is 0 Å². The number of rotatable bonds is 2. The second-order valence-corrected chi connectivity index (χ2v) is 4.01. The molecular formula is C8H11ClN4S. The molecule has 0 fully saturated rings. The number of thioether (sulfide) groups is 1. The SMILES string of the molecule is CCN1NCc2c(Cl)nc(SC)nc21. The van der Waals surface area contributed by atoms with Gasteiger partial charge in [-0.25, -0.2) is 15.4 Å². The van der Waals surface area contributed by atoms with Crippen LogP contribution in [0.15, 0.2) is 5.16 Å². The largest absolute Gasteiger partial charge is 0.292 e. The van der Waals surface area contributed by atoms with E-state index in [0.717, 1.165) is 29.6 Å². The lowest BCUT2D eigenvalue weighted by Gasteiger charge is -2.15. The zero-order chi connectivity index (χ0) is 10.1. The van der Waals surface area contributed by atoms with Gasteiger partial charge in [0, 0.05) is 18.7 Å². The number of anilines is 1. The number of aromatic nitrogens is 2. The van der Waals surface area contributed by atoms with Gasteiger partial charge in [0.2, 0.25) is 0 Å². The molecule has 0 bridgehead atoms. The van der Waals surface area contributed by atoms with Gasteiger partial charge in [-0.1, -0.05) is 23.4 Å². The minimum absolute atomic E-state index is 0.558. The van der Waals surface area contributed by atoms with Crippen molar-refractivity contribution in [3.8, 4) is 0 Å². The van der Waals surface area contributed by atoms with E-state index in [1.54, 1.807) is 0 Å². The van der Waals surface area contributed by atoms with E-state index in [1.165, 1.54) is 11.8 Å². The summed E-state index contributed by atoms with van der Waals surface area (Å²) in [5.74, 6) is 0.914. The van der Waals surface area contributed by atoms with Crippen molar-refractivity contribution in [1.29, 1.82) is 0 Å². The van der Waals surface area contributed by atoms with E-state index in [2.05, 4.69) is 22.3 Å². The Morgan fingerprint density at radius 1 is 1.57 bits per heavy atom. The Balaban J connectivity index is 2.47. The van der Waals surface area contributed by atoms with E-state index in [0.29, 0.717) is 5.15 Å². The predicted octanol–water partition coefficient (Wildman–Crippen LogP) is 1.70. The first-order chi connectivity index (χ1) is 6.76. The van der Waals surface area contributed by atoms with Crippen LogP contribution in [0, 0.1) is 0 Å². The summed E-state index contributed by atoms with van der Waals surface area (Å²) in [5, 5.41) is 3.27. The monoisotopic (exact) mass is 230 g/mol. The predicted molar refractivity (Wildman–Crippen MR) is 58.7 cm³/mol. The Kier molecular flexibility index (Phi) is 2.80. The summed E-state index contributed by atoms with van der Waals surface area (Å²) >= 11 is 7.55. The first-order valence-electron chi connectivity index (χ1n) is 4.37. The Morgan fingerprint density at radius 3 is 3.00 bits per heavy atom.